The van der Waals surface area contributed by atoms with Gasteiger partial charge >= 0.3 is 0 Å². The Bertz CT molecular complexity index is 444. The zero-order valence-corrected chi connectivity index (χ0v) is 13.3. The maximum Gasteiger partial charge on any atom is 0.251 e. The summed E-state index contributed by atoms with van der Waals surface area (Å²) in [6.45, 7) is 7.49. The molecule has 1 aliphatic heterocycles. The maximum atomic E-state index is 12.2. The van der Waals surface area contributed by atoms with Gasteiger partial charge in [0, 0.05) is 27.8 Å². The van der Waals surface area contributed by atoms with Crippen molar-refractivity contribution in [2.24, 2.45) is 0 Å². The Hall–Kier alpha value is -1.00. The van der Waals surface area contributed by atoms with Gasteiger partial charge in [0.2, 0.25) is 0 Å². The predicted molar refractivity (Wildman–Crippen MR) is 85.4 cm³/mol. The highest BCUT2D eigenvalue weighted by molar-refractivity contribution is 7.99. The van der Waals surface area contributed by atoms with Gasteiger partial charge in [-0.05, 0) is 50.6 Å². The molecule has 0 aliphatic carbocycles. The zero-order valence-electron chi connectivity index (χ0n) is 12.5. The summed E-state index contributed by atoms with van der Waals surface area (Å²) >= 11 is 1.81. The van der Waals surface area contributed by atoms with Gasteiger partial charge < -0.3 is 10.6 Å². The molecule has 2 unspecified atom stereocenters. The van der Waals surface area contributed by atoms with E-state index in [4.69, 9.17) is 0 Å². The molecule has 0 aromatic heterocycles. The first-order chi connectivity index (χ1) is 9.54. The topological polar surface area (TPSA) is 41.1 Å². The fourth-order valence-corrected chi connectivity index (χ4v) is 3.33. The molecule has 0 spiro atoms. The van der Waals surface area contributed by atoms with Gasteiger partial charge in [0.1, 0.15) is 0 Å². The molecule has 2 atom stereocenters. The van der Waals surface area contributed by atoms with Gasteiger partial charge in [-0.2, -0.15) is 0 Å². The molecule has 4 heteroatoms. The standard InChI is InChI=1S/C16H24N2OS/c1-11(2)20-15-6-4-13(5-7-15)16(19)18-14-8-9-17-12(3)10-14/h4-7,11-12,14,17H,8-10H2,1-3H3,(H,18,19). The van der Waals surface area contributed by atoms with Crippen LogP contribution in [0.1, 0.15) is 44.0 Å². The Labute approximate surface area is 125 Å². The zero-order chi connectivity index (χ0) is 14.5. The van der Waals surface area contributed by atoms with Crippen LogP contribution in [0.2, 0.25) is 0 Å². The Morgan fingerprint density at radius 1 is 1.35 bits per heavy atom. The molecule has 0 radical (unpaired) electrons. The molecule has 20 heavy (non-hydrogen) atoms. The highest BCUT2D eigenvalue weighted by Gasteiger charge is 2.20. The first-order valence-corrected chi connectivity index (χ1v) is 8.23. The third-order valence-corrected chi connectivity index (χ3v) is 4.46. The molecule has 1 fully saturated rings. The monoisotopic (exact) mass is 292 g/mol. The maximum absolute atomic E-state index is 12.2. The highest BCUT2D eigenvalue weighted by Crippen LogP contribution is 2.23. The molecular formula is C16H24N2OS. The number of hydrogen-bond donors (Lipinski definition) is 2. The lowest BCUT2D eigenvalue weighted by molar-refractivity contribution is 0.0925. The summed E-state index contributed by atoms with van der Waals surface area (Å²) in [5.74, 6) is 0.0465. The lowest BCUT2D eigenvalue weighted by atomic mass is 10.0. The van der Waals surface area contributed by atoms with Crippen molar-refractivity contribution in [2.75, 3.05) is 6.54 Å². The Morgan fingerprint density at radius 3 is 2.65 bits per heavy atom. The highest BCUT2D eigenvalue weighted by atomic mass is 32.2. The molecule has 1 heterocycles. The molecule has 1 amide bonds. The van der Waals surface area contributed by atoms with Crippen molar-refractivity contribution in [1.82, 2.24) is 10.6 Å². The van der Waals surface area contributed by atoms with Crippen LogP contribution in [0.25, 0.3) is 0 Å². The third-order valence-electron chi connectivity index (χ3n) is 3.45. The smallest absolute Gasteiger partial charge is 0.251 e. The summed E-state index contributed by atoms with van der Waals surface area (Å²) < 4.78 is 0. The molecule has 2 N–H and O–H groups in total. The molecule has 110 valence electrons. The largest absolute Gasteiger partial charge is 0.349 e. The molecule has 1 saturated heterocycles. The summed E-state index contributed by atoms with van der Waals surface area (Å²) in [7, 11) is 0. The van der Waals surface area contributed by atoms with Crippen molar-refractivity contribution in [3.05, 3.63) is 29.8 Å². The lowest BCUT2D eigenvalue weighted by Crippen LogP contribution is -2.46. The van der Waals surface area contributed by atoms with Crippen molar-refractivity contribution in [3.8, 4) is 0 Å². The quantitative estimate of drug-likeness (QED) is 0.838. The summed E-state index contributed by atoms with van der Waals surface area (Å²) in [5, 5.41) is 7.10. The first-order valence-electron chi connectivity index (χ1n) is 7.35. The summed E-state index contributed by atoms with van der Waals surface area (Å²) in [6, 6.07) is 8.69. The Kier molecular flexibility index (Phi) is 5.49. The average molecular weight is 292 g/mol. The van der Waals surface area contributed by atoms with Gasteiger partial charge in [-0.1, -0.05) is 13.8 Å². The van der Waals surface area contributed by atoms with Crippen LogP contribution in [0, 0.1) is 0 Å². The van der Waals surface area contributed by atoms with Crippen LogP contribution >= 0.6 is 11.8 Å². The number of rotatable bonds is 4. The Balaban J connectivity index is 1.91. The van der Waals surface area contributed by atoms with Crippen LogP contribution in [0.3, 0.4) is 0 Å². The van der Waals surface area contributed by atoms with E-state index in [-0.39, 0.29) is 5.91 Å². The summed E-state index contributed by atoms with van der Waals surface area (Å²) in [6.07, 6.45) is 2.02. The minimum Gasteiger partial charge on any atom is -0.349 e. The third kappa shape index (κ3) is 4.53. The van der Waals surface area contributed by atoms with Crippen molar-refractivity contribution >= 4 is 17.7 Å². The van der Waals surface area contributed by atoms with Gasteiger partial charge in [-0.25, -0.2) is 0 Å². The molecule has 1 aromatic rings. The van der Waals surface area contributed by atoms with Crippen LogP contribution in [-0.4, -0.2) is 29.8 Å². The summed E-state index contributed by atoms with van der Waals surface area (Å²) in [5.41, 5.74) is 0.754. The molecule has 1 aliphatic rings. The minimum absolute atomic E-state index is 0.0465. The van der Waals surface area contributed by atoms with Crippen LogP contribution in [0.15, 0.2) is 29.2 Å². The van der Waals surface area contributed by atoms with E-state index in [9.17, 15) is 4.79 Å². The predicted octanol–water partition coefficient (Wildman–Crippen LogP) is 3.06. The van der Waals surface area contributed by atoms with Gasteiger partial charge in [0.05, 0.1) is 0 Å². The second kappa shape index (κ2) is 7.14. The number of piperidine rings is 1. The molecule has 0 saturated carbocycles. The van der Waals surface area contributed by atoms with Gasteiger partial charge in [0.25, 0.3) is 5.91 Å². The number of amides is 1. The average Bonchev–Trinajstić information content (AvgIpc) is 2.38. The molecule has 2 rings (SSSR count). The second-order valence-electron chi connectivity index (χ2n) is 5.74. The Morgan fingerprint density at radius 2 is 2.05 bits per heavy atom. The fourth-order valence-electron chi connectivity index (χ4n) is 2.49. The number of carbonyl (C=O) groups is 1. The number of thioether (sulfide) groups is 1. The van der Waals surface area contributed by atoms with Crippen LogP contribution in [0.4, 0.5) is 0 Å². The number of carbonyl (C=O) groups excluding carboxylic acids is 1. The van der Waals surface area contributed by atoms with Gasteiger partial charge in [0.15, 0.2) is 0 Å². The van der Waals surface area contributed by atoms with Gasteiger partial charge in [-0.15, -0.1) is 11.8 Å². The number of nitrogens with one attached hydrogen (secondary N) is 2. The van der Waals surface area contributed by atoms with E-state index >= 15 is 0 Å². The van der Waals surface area contributed by atoms with Gasteiger partial charge in [-0.3, -0.25) is 4.79 Å². The fraction of sp³-hybridized carbons (Fsp3) is 0.562. The van der Waals surface area contributed by atoms with E-state index in [0.717, 1.165) is 24.9 Å². The summed E-state index contributed by atoms with van der Waals surface area (Å²) in [4.78, 5) is 13.4. The molecule has 3 nitrogen and oxygen atoms in total. The van der Waals surface area contributed by atoms with E-state index in [2.05, 4.69) is 31.4 Å². The van der Waals surface area contributed by atoms with E-state index < -0.39 is 0 Å². The van der Waals surface area contributed by atoms with Crippen molar-refractivity contribution in [3.63, 3.8) is 0 Å². The van der Waals surface area contributed by atoms with Crippen LogP contribution < -0.4 is 10.6 Å². The minimum atomic E-state index is 0.0465. The van der Waals surface area contributed by atoms with Crippen molar-refractivity contribution < 1.29 is 4.79 Å². The normalized spacial score (nSPS) is 22.8. The van der Waals surface area contributed by atoms with E-state index in [1.165, 1.54) is 4.90 Å². The molecule has 1 aromatic carbocycles. The first kappa shape index (κ1) is 15.4. The van der Waals surface area contributed by atoms with Crippen LogP contribution in [-0.2, 0) is 0 Å². The van der Waals surface area contributed by atoms with E-state index in [0.29, 0.717) is 17.3 Å². The van der Waals surface area contributed by atoms with Crippen LogP contribution in [0.5, 0.6) is 0 Å². The SMILES string of the molecule is CC1CC(NC(=O)c2ccc(SC(C)C)cc2)CCN1. The van der Waals surface area contributed by atoms with E-state index in [1.807, 2.05) is 36.0 Å². The number of hydrogen-bond acceptors (Lipinski definition) is 3. The second-order valence-corrected chi connectivity index (χ2v) is 7.39. The van der Waals surface area contributed by atoms with E-state index in [1.54, 1.807) is 0 Å². The lowest BCUT2D eigenvalue weighted by Gasteiger charge is -2.28. The molecular weight excluding hydrogens is 268 g/mol. The molecule has 0 bridgehead atoms. The van der Waals surface area contributed by atoms with Crippen molar-refractivity contribution in [2.45, 2.75) is 55.8 Å². The number of benzene rings is 1. The van der Waals surface area contributed by atoms with Crippen molar-refractivity contribution in [1.29, 1.82) is 0 Å².